The Labute approximate surface area is 195 Å². The fourth-order valence-corrected chi connectivity index (χ4v) is 4.60. The smallest absolute Gasteiger partial charge is 0.266 e. The van der Waals surface area contributed by atoms with Gasteiger partial charge in [-0.15, -0.1) is 0 Å². The van der Waals surface area contributed by atoms with E-state index in [4.69, 9.17) is 5.73 Å². The molecule has 2 aromatic carbocycles. The molecule has 5 aromatic rings. The number of rotatable bonds is 7. The molecule has 3 aromatic heterocycles. The summed E-state index contributed by atoms with van der Waals surface area (Å²) in [5.74, 6) is -0.185. The zero-order chi connectivity index (χ0) is 23.7. The summed E-state index contributed by atoms with van der Waals surface area (Å²) in [5, 5.41) is 17.8. The predicted molar refractivity (Wildman–Crippen MR) is 135 cm³/mol. The molecule has 3 heterocycles. The Morgan fingerprint density at radius 3 is 2.32 bits per heavy atom. The van der Waals surface area contributed by atoms with Gasteiger partial charge < -0.3 is 25.2 Å². The van der Waals surface area contributed by atoms with Gasteiger partial charge in [0.25, 0.3) is 5.96 Å². The predicted octanol–water partition coefficient (Wildman–Crippen LogP) is 4.28. The van der Waals surface area contributed by atoms with Crippen LogP contribution in [0.15, 0.2) is 78.4 Å². The van der Waals surface area contributed by atoms with Gasteiger partial charge in [0.2, 0.25) is 0 Å². The maximum absolute atomic E-state index is 10.4. The minimum absolute atomic E-state index is 0.185. The highest BCUT2D eigenvalue weighted by Crippen LogP contribution is 2.40. The number of hydrogen-bond donors (Lipinski definition) is 3. The molecule has 0 unspecified atom stereocenters. The Morgan fingerprint density at radius 1 is 1.00 bits per heavy atom. The van der Waals surface area contributed by atoms with Gasteiger partial charge in [0.05, 0.1) is 0 Å². The summed E-state index contributed by atoms with van der Waals surface area (Å²) >= 11 is 0. The highest BCUT2D eigenvalue weighted by molar-refractivity contribution is 6.04. The van der Waals surface area contributed by atoms with Crippen LogP contribution in [0.2, 0.25) is 0 Å². The quantitative estimate of drug-likeness (QED) is 0.112. The second kappa shape index (κ2) is 8.78. The SMILES string of the molecule is Cn1cc(-c2c[nH]cc2-c2cn(CCCNC(N)=N[N+](=O)[O-])c3ccccc23)c2ccccc21. The first-order valence-electron chi connectivity index (χ1n) is 11.0. The molecule has 9 nitrogen and oxygen atoms in total. The van der Waals surface area contributed by atoms with Gasteiger partial charge in [0.1, 0.15) is 5.10 Å². The fourth-order valence-electron chi connectivity index (χ4n) is 4.60. The van der Waals surface area contributed by atoms with Crippen LogP contribution in [0.3, 0.4) is 0 Å². The lowest BCUT2D eigenvalue weighted by Crippen LogP contribution is -2.33. The van der Waals surface area contributed by atoms with Crippen molar-refractivity contribution in [3.8, 4) is 22.3 Å². The fraction of sp³-hybridized carbons (Fsp3) is 0.160. The number of nitrogens with two attached hydrogens (primary N) is 1. The molecule has 0 aliphatic heterocycles. The van der Waals surface area contributed by atoms with Crippen molar-refractivity contribution in [1.29, 1.82) is 0 Å². The molecular formula is C25H25N7O2. The number of nitrogens with zero attached hydrogens (tertiary/aromatic N) is 4. The summed E-state index contributed by atoms with van der Waals surface area (Å²) in [6.07, 6.45) is 9.20. The van der Waals surface area contributed by atoms with Crippen LogP contribution in [0.25, 0.3) is 44.1 Å². The van der Waals surface area contributed by atoms with E-state index < -0.39 is 5.03 Å². The number of H-pyrrole nitrogens is 1. The zero-order valence-electron chi connectivity index (χ0n) is 18.7. The average molecular weight is 456 g/mol. The van der Waals surface area contributed by atoms with E-state index in [1.54, 1.807) is 0 Å². The largest absolute Gasteiger partial charge is 0.366 e. The second-order valence-electron chi connectivity index (χ2n) is 8.21. The number of nitro groups is 1. The van der Waals surface area contributed by atoms with E-state index in [0.717, 1.165) is 35.2 Å². The van der Waals surface area contributed by atoms with Gasteiger partial charge in [-0.25, -0.2) is 10.1 Å². The lowest BCUT2D eigenvalue weighted by Gasteiger charge is -2.06. The summed E-state index contributed by atoms with van der Waals surface area (Å²) in [7, 11) is 2.07. The van der Waals surface area contributed by atoms with Gasteiger partial charge >= 0.3 is 0 Å². The number of aromatic amines is 1. The van der Waals surface area contributed by atoms with Crippen LogP contribution in [-0.2, 0) is 13.6 Å². The third kappa shape index (κ3) is 3.88. The van der Waals surface area contributed by atoms with Crippen molar-refractivity contribution < 1.29 is 5.03 Å². The van der Waals surface area contributed by atoms with Gasteiger partial charge in [0, 0.05) is 89.0 Å². The van der Waals surface area contributed by atoms with E-state index in [0.29, 0.717) is 6.54 Å². The molecule has 0 radical (unpaired) electrons. The Hall–Kier alpha value is -4.53. The number of hydrazone groups is 1. The van der Waals surface area contributed by atoms with Gasteiger partial charge in [-0.1, -0.05) is 36.4 Å². The molecular weight excluding hydrogens is 430 g/mol. The standard InChI is InChI=1S/C25H25N7O2/c1-30-15-21(17-7-2-4-9-23(17)30)19-13-27-14-20(19)22-16-31(24-10-5-3-8-18(22)24)12-6-11-28-25(26)29-32(33)34/h2-5,7-10,13-16,27H,6,11-12H2,1H3,(H3,26,28,29). The molecule has 0 saturated heterocycles. The van der Waals surface area contributed by atoms with Crippen molar-refractivity contribution in [2.45, 2.75) is 13.0 Å². The topological polar surface area (TPSA) is 119 Å². The van der Waals surface area contributed by atoms with Gasteiger partial charge in [-0.2, -0.15) is 0 Å². The number of fused-ring (bicyclic) bond motifs is 2. The molecule has 0 spiro atoms. The number of nitrogens with one attached hydrogen (secondary N) is 2. The lowest BCUT2D eigenvalue weighted by atomic mass is 9.98. The van der Waals surface area contributed by atoms with E-state index in [9.17, 15) is 10.1 Å². The average Bonchev–Trinajstić information content (AvgIpc) is 3.52. The van der Waals surface area contributed by atoms with E-state index in [-0.39, 0.29) is 5.96 Å². The van der Waals surface area contributed by atoms with Crippen LogP contribution in [-0.4, -0.2) is 31.7 Å². The van der Waals surface area contributed by atoms with E-state index in [2.05, 4.69) is 98.8 Å². The number of aromatic nitrogens is 3. The summed E-state index contributed by atoms with van der Waals surface area (Å²) in [6.45, 7) is 1.21. The molecule has 0 saturated carbocycles. The van der Waals surface area contributed by atoms with Crippen LogP contribution in [0.5, 0.6) is 0 Å². The molecule has 0 aliphatic rings. The van der Waals surface area contributed by atoms with Crippen molar-refractivity contribution >= 4 is 27.8 Å². The Kier molecular flexibility index (Phi) is 5.51. The first-order valence-corrected chi connectivity index (χ1v) is 11.0. The highest BCUT2D eigenvalue weighted by Gasteiger charge is 2.17. The van der Waals surface area contributed by atoms with E-state index in [1.165, 1.54) is 21.9 Å². The van der Waals surface area contributed by atoms with Crippen LogP contribution < -0.4 is 11.1 Å². The number of aryl methyl sites for hydroxylation is 2. The first kappa shape index (κ1) is 21.3. The summed E-state index contributed by atoms with van der Waals surface area (Å²) in [5.41, 5.74) is 12.5. The monoisotopic (exact) mass is 455 g/mol. The molecule has 172 valence electrons. The zero-order valence-corrected chi connectivity index (χ0v) is 18.7. The molecule has 9 heteroatoms. The Balaban J connectivity index is 1.48. The molecule has 0 aliphatic carbocycles. The third-order valence-corrected chi connectivity index (χ3v) is 6.08. The molecule has 34 heavy (non-hydrogen) atoms. The second-order valence-corrected chi connectivity index (χ2v) is 8.21. The molecule has 0 fully saturated rings. The van der Waals surface area contributed by atoms with Crippen LogP contribution in [0.1, 0.15) is 6.42 Å². The van der Waals surface area contributed by atoms with E-state index in [1.807, 2.05) is 6.07 Å². The number of benzene rings is 2. The molecule has 0 amide bonds. The molecule has 4 N–H and O–H groups in total. The van der Waals surface area contributed by atoms with Crippen molar-refractivity contribution in [2.24, 2.45) is 17.9 Å². The van der Waals surface area contributed by atoms with Gasteiger partial charge in [-0.3, -0.25) is 0 Å². The molecule has 0 atom stereocenters. The van der Waals surface area contributed by atoms with Crippen molar-refractivity contribution in [2.75, 3.05) is 6.54 Å². The summed E-state index contributed by atoms with van der Waals surface area (Å²) in [4.78, 5) is 13.7. The van der Waals surface area contributed by atoms with Crippen molar-refractivity contribution in [3.63, 3.8) is 0 Å². The van der Waals surface area contributed by atoms with Gasteiger partial charge in [0.15, 0.2) is 5.03 Å². The first-order chi connectivity index (χ1) is 16.5. The third-order valence-electron chi connectivity index (χ3n) is 6.08. The van der Waals surface area contributed by atoms with Crippen molar-refractivity contribution in [1.82, 2.24) is 19.4 Å². The lowest BCUT2D eigenvalue weighted by molar-refractivity contribution is -0.485. The van der Waals surface area contributed by atoms with Crippen molar-refractivity contribution in [3.05, 3.63) is 83.4 Å². The maximum Gasteiger partial charge on any atom is 0.266 e. The van der Waals surface area contributed by atoms with Crippen LogP contribution >= 0.6 is 0 Å². The minimum atomic E-state index is -0.807. The minimum Gasteiger partial charge on any atom is -0.366 e. The van der Waals surface area contributed by atoms with E-state index >= 15 is 0 Å². The maximum atomic E-state index is 10.4. The number of guanidine groups is 1. The molecule has 5 rings (SSSR count). The van der Waals surface area contributed by atoms with Gasteiger partial charge in [-0.05, 0) is 18.6 Å². The molecule has 0 bridgehead atoms. The number of para-hydroxylation sites is 2. The Morgan fingerprint density at radius 2 is 1.62 bits per heavy atom. The summed E-state index contributed by atoms with van der Waals surface area (Å²) < 4.78 is 4.37. The Bertz CT molecular complexity index is 1520. The summed E-state index contributed by atoms with van der Waals surface area (Å²) in [6, 6.07) is 16.8. The van der Waals surface area contributed by atoms with Crippen LogP contribution in [0, 0.1) is 10.1 Å². The number of hydrogen-bond acceptors (Lipinski definition) is 2. The van der Waals surface area contributed by atoms with Crippen LogP contribution in [0.4, 0.5) is 0 Å². The highest BCUT2D eigenvalue weighted by atomic mass is 16.7. The normalized spacial score (nSPS) is 12.0.